The lowest BCUT2D eigenvalue weighted by Crippen LogP contribution is -2.23. The van der Waals surface area contributed by atoms with Crippen molar-refractivity contribution >= 4 is 0 Å². The smallest absolute Gasteiger partial charge is 0.242 e. The molecule has 0 aromatic rings. The Morgan fingerprint density at radius 1 is 1.33 bits per heavy atom. The molecule has 0 bridgehead atoms. The SMILES string of the molecule is FC1=C(C(F)(F)F)C(F)CC=C1. The summed E-state index contributed by atoms with van der Waals surface area (Å²) < 4.78 is 60.6. The van der Waals surface area contributed by atoms with Gasteiger partial charge in [0.1, 0.15) is 17.6 Å². The summed E-state index contributed by atoms with van der Waals surface area (Å²) in [5.41, 5.74) is -1.70. The second-order valence-corrected chi connectivity index (χ2v) is 2.36. The van der Waals surface area contributed by atoms with Gasteiger partial charge in [-0.2, -0.15) is 13.2 Å². The van der Waals surface area contributed by atoms with Crippen LogP contribution in [0.25, 0.3) is 0 Å². The van der Waals surface area contributed by atoms with Crippen molar-refractivity contribution in [2.75, 3.05) is 0 Å². The third-order valence-corrected chi connectivity index (χ3v) is 1.48. The van der Waals surface area contributed by atoms with Crippen LogP contribution in [0.5, 0.6) is 0 Å². The van der Waals surface area contributed by atoms with Crippen LogP contribution in [0.1, 0.15) is 6.42 Å². The summed E-state index contributed by atoms with van der Waals surface area (Å²) in [5.74, 6) is -1.53. The van der Waals surface area contributed by atoms with Crippen LogP contribution in [0.4, 0.5) is 22.0 Å². The Kier molecular flexibility index (Phi) is 2.21. The van der Waals surface area contributed by atoms with Crippen LogP contribution in [0.3, 0.4) is 0 Å². The third-order valence-electron chi connectivity index (χ3n) is 1.48. The van der Waals surface area contributed by atoms with Crippen molar-refractivity contribution < 1.29 is 22.0 Å². The van der Waals surface area contributed by atoms with Gasteiger partial charge in [-0.3, -0.25) is 0 Å². The van der Waals surface area contributed by atoms with Gasteiger partial charge in [-0.05, 0) is 6.08 Å². The van der Waals surface area contributed by atoms with Gasteiger partial charge in [-0.25, -0.2) is 8.78 Å². The maximum atomic E-state index is 12.5. The van der Waals surface area contributed by atoms with Gasteiger partial charge in [0, 0.05) is 6.42 Å². The largest absolute Gasteiger partial charge is 0.418 e. The van der Waals surface area contributed by atoms with E-state index in [9.17, 15) is 22.0 Å². The van der Waals surface area contributed by atoms with E-state index < -0.39 is 30.2 Å². The Labute approximate surface area is 65.4 Å². The van der Waals surface area contributed by atoms with Crippen molar-refractivity contribution in [2.24, 2.45) is 0 Å². The van der Waals surface area contributed by atoms with E-state index in [0.717, 1.165) is 6.08 Å². The summed E-state index contributed by atoms with van der Waals surface area (Å²) in [5, 5.41) is 0. The average Bonchev–Trinajstić information content (AvgIpc) is 1.82. The quantitative estimate of drug-likeness (QED) is 0.507. The lowest BCUT2D eigenvalue weighted by atomic mass is 10.0. The molecule has 0 aliphatic heterocycles. The maximum Gasteiger partial charge on any atom is 0.418 e. The summed E-state index contributed by atoms with van der Waals surface area (Å²) in [6, 6.07) is 0. The Hall–Kier alpha value is -0.870. The molecule has 1 unspecified atom stereocenters. The maximum absolute atomic E-state index is 12.5. The standard InChI is InChI=1S/C7H5F5/c8-4-2-1-3-5(9)6(4)7(10,11)12/h1-2,5H,3H2. The Morgan fingerprint density at radius 2 is 1.92 bits per heavy atom. The molecule has 0 heterocycles. The summed E-state index contributed by atoms with van der Waals surface area (Å²) >= 11 is 0. The molecule has 0 radical (unpaired) electrons. The first kappa shape index (κ1) is 9.22. The molecule has 0 nitrogen and oxygen atoms in total. The normalized spacial score (nSPS) is 24.9. The van der Waals surface area contributed by atoms with Gasteiger partial charge in [-0.15, -0.1) is 0 Å². The number of allylic oxidation sites excluding steroid dienone is 4. The van der Waals surface area contributed by atoms with Crippen molar-refractivity contribution in [2.45, 2.75) is 18.8 Å². The van der Waals surface area contributed by atoms with E-state index >= 15 is 0 Å². The van der Waals surface area contributed by atoms with Crippen LogP contribution in [0, 0.1) is 0 Å². The molecule has 5 heteroatoms. The fraction of sp³-hybridized carbons (Fsp3) is 0.429. The van der Waals surface area contributed by atoms with Gasteiger partial charge in [0.2, 0.25) is 0 Å². The molecule has 0 amide bonds. The molecular weight excluding hydrogens is 179 g/mol. The van der Waals surface area contributed by atoms with E-state index in [1.54, 1.807) is 0 Å². The first-order chi connectivity index (χ1) is 5.43. The minimum absolute atomic E-state index is 0.414. The molecule has 12 heavy (non-hydrogen) atoms. The highest BCUT2D eigenvalue weighted by Gasteiger charge is 2.42. The van der Waals surface area contributed by atoms with E-state index in [1.807, 2.05) is 0 Å². The topological polar surface area (TPSA) is 0 Å². The number of hydrogen-bond acceptors (Lipinski definition) is 0. The minimum atomic E-state index is -4.91. The molecule has 0 saturated heterocycles. The average molecular weight is 184 g/mol. The van der Waals surface area contributed by atoms with Crippen molar-refractivity contribution in [1.29, 1.82) is 0 Å². The molecule has 0 aromatic carbocycles. The fourth-order valence-corrected chi connectivity index (χ4v) is 0.961. The molecule has 1 rings (SSSR count). The van der Waals surface area contributed by atoms with Crippen LogP contribution < -0.4 is 0 Å². The van der Waals surface area contributed by atoms with E-state index in [1.165, 1.54) is 0 Å². The van der Waals surface area contributed by atoms with Crippen LogP contribution in [-0.4, -0.2) is 12.3 Å². The van der Waals surface area contributed by atoms with Crippen LogP contribution in [0.15, 0.2) is 23.6 Å². The van der Waals surface area contributed by atoms with Gasteiger partial charge in [0.05, 0.1) is 0 Å². The lowest BCUT2D eigenvalue weighted by Gasteiger charge is -2.17. The number of rotatable bonds is 0. The second-order valence-electron chi connectivity index (χ2n) is 2.36. The highest BCUT2D eigenvalue weighted by Crippen LogP contribution is 2.36. The van der Waals surface area contributed by atoms with Crippen LogP contribution >= 0.6 is 0 Å². The Bertz CT molecular complexity index is 235. The Morgan fingerprint density at radius 3 is 2.25 bits per heavy atom. The number of alkyl halides is 4. The number of hydrogen-bond donors (Lipinski definition) is 0. The highest BCUT2D eigenvalue weighted by molar-refractivity contribution is 5.30. The van der Waals surface area contributed by atoms with Gasteiger partial charge >= 0.3 is 6.18 Å². The monoisotopic (exact) mass is 184 g/mol. The Balaban J connectivity index is 3.05. The van der Waals surface area contributed by atoms with E-state index in [-0.39, 0.29) is 0 Å². The van der Waals surface area contributed by atoms with Crippen molar-refractivity contribution in [3.63, 3.8) is 0 Å². The highest BCUT2D eigenvalue weighted by atomic mass is 19.4. The number of halogens is 5. The fourth-order valence-electron chi connectivity index (χ4n) is 0.961. The van der Waals surface area contributed by atoms with Gasteiger partial charge in [0.25, 0.3) is 0 Å². The molecule has 0 N–H and O–H groups in total. The summed E-state index contributed by atoms with van der Waals surface area (Å²) in [6.45, 7) is 0. The van der Waals surface area contributed by atoms with Crippen LogP contribution in [-0.2, 0) is 0 Å². The molecule has 0 saturated carbocycles. The van der Waals surface area contributed by atoms with Crippen molar-refractivity contribution in [1.82, 2.24) is 0 Å². The van der Waals surface area contributed by atoms with E-state index in [4.69, 9.17) is 0 Å². The van der Waals surface area contributed by atoms with Crippen LogP contribution in [0.2, 0.25) is 0 Å². The first-order valence-electron chi connectivity index (χ1n) is 3.20. The first-order valence-corrected chi connectivity index (χ1v) is 3.20. The second kappa shape index (κ2) is 2.88. The molecular formula is C7H5F5. The minimum Gasteiger partial charge on any atom is -0.242 e. The van der Waals surface area contributed by atoms with Gasteiger partial charge in [0.15, 0.2) is 0 Å². The van der Waals surface area contributed by atoms with E-state index in [0.29, 0.717) is 6.08 Å². The molecule has 1 aliphatic carbocycles. The molecule has 0 aromatic heterocycles. The summed E-state index contributed by atoms with van der Waals surface area (Å²) in [7, 11) is 0. The predicted molar refractivity (Wildman–Crippen MR) is 32.8 cm³/mol. The lowest BCUT2D eigenvalue weighted by molar-refractivity contribution is -0.102. The zero-order valence-electron chi connectivity index (χ0n) is 5.83. The predicted octanol–water partition coefficient (Wildman–Crippen LogP) is 3.07. The zero-order valence-corrected chi connectivity index (χ0v) is 5.83. The van der Waals surface area contributed by atoms with Crippen molar-refractivity contribution in [3.05, 3.63) is 23.6 Å². The third kappa shape index (κ3) is 1.65. The van der Waals surface area contributed by atoms with E-state index in [2.05, 4.69) is 0 Å². The molecule has 1 atom stereocenters. The molecule has 1 aliphatic rings. The molecule has 0 spiro atoms. The summed E-state index contributed by atoms with van der Waals surface area (Å²) in [6.07, 6.45) is -5.92. The van der Waals surface area contributed by atoms with Gasteiger partial charge < -0.3 is 0 Å². The summed E-state index contributed by atoms with van der Waals surface area (Å²) in [4.78, 5) is 0. The zero-order chi connectivity index (χ0) is 9.35. The van der Waals surface area contributed by atoms with Gasteiger partial charge in [-0.1, -0.05) is 6.08 Å². The molecule has 68 valence electrons. The molecule has 0 fully saturated rings. The van der Waals surface area contributed by atoms with Crippen molar-refractivity contribution in [3.8, 4) is 0 Å².